The topological polar surface area (TPSA) is 34.1 Å². The van der Waals surface area contributed by atoms with Gasteiger partial charge in [0.05, 0.1) is 0 Å². The van der Waals surface area contributed by atoms with Crippen molar-refractivity contribution in [2.45, 2.75) is 38.5 Å². The molecule has 2 aliphatic rings. The van der Waals surface area contributed by atoms with Crippen molar-refractivity contribution in [2.75, 3.05) is 0 Å². The first-order valence-electron chi connectivity index (χ1n) is 6.87. The molecular formula is C16H18O2. The standard InChI is InChI=1S/C16H18O2/c1-10-11-6-2-4-8-13(11)15(17)16(18)14-9-5-3-7-12(10)14/h2,4,6,8,10,12,14H,3,5,7,9H2,1H3. The number of ketones is 2. The van der Waals surface area contributed by atoms with Gasteiger partial charge < -0.3 is 0 Å². The van der Waals surface area contributed by atoms with E-state index in [1.165, 1.54) is 6.42 Å². The third-order valence-corrected chi connectivity index (χ3v) is 4.72. The lowest BCUT2D eigenvalue weighted by Crippen LogP contribution is -2.31. The molecule has 0 radical (unpaired) electrons. The van der Waals surface area contributed by atoms with Crippen LogP contribution in [-0.2, 0) is 4.79 Å². The highest BCUT2D eigenvalue weighted by Crippen LogP contribution is 2.43. The van der Waals surface area contributed by atoms with Crippen molar-refractivity contribution < 1.29 is 9.59 Å². The quantitative estimate of drug-likeness (QED) is 0.654. The van der Waals surface area contributed by atoms with Crippen LogP contribution in [0.25, 0.3) is 0 Å². The molecule has 2 aliphatic carbocycles. The second-order valence-electron chi connectivity index (χ2n) is 5.62. The van der Waals surface area contributed by atoms with Crippen LogP contribution in [0.2, 0.25) is 0 Å². The van der Waals surface area contributed by atoms with Crippen molar-refractivity contribution in [3.63, 3.8) is 0 Å². The minimum atomic E-state index is -0.258. The lowest BCUT2D eigenvalue weighted by atomic mass is 9.71. The van der Waals surface area contributed by atoms with Crippen molar-refractivity contribution in [1.29, 1.82) is 0 Å². The zero-order chi connectivity index (χ0) is 12.7. The van der Waals surface area contributed by atoms with Crippen LogP contribution < -0.4 is 0 Å². The fourth-order valence-corrected chi connectivity index (χ4v) is 3.72. The van der Waals surface area contributed by atoms with Crippen molar-refractivity contribution in [2.24, 2.45) is 11.8 Å². The van der Waals surface area contributed by atoms with Gasteiger partial charge in [0.1, 0.15) is 0 Å². The monoisotopic (exact) mass is 242 g/mol. The molecule has 0 N–H and O–H groups in total. The maximum absolute atomic E-state index is 12.3. The van der Waals surface area contributed by atoms with Gasteiger partial charge in [0.2, 0.25) is 11.6 Å². The zero-order valence-corrected chi connectivity index (χ0v) is 10.7. The largest absolute Gasteiger partial charge is 0.290 e. The van der Waals surface area contributed by atoms with Gasteiger partial charge in [0.25, 0.3) is 0 Å². The summed E-state index contributed by atoms with van der Waals surface area (Å²) in [6.45, 7) is 2.17. The Morgan fingerprint density at radius 2 is 1.78 bits per heavy atom. The first-order valence-corrected chi connectivity index (χ1v) is 6.87. The van der Waals surface area contributed by atoms with Crippen molar-refractivity contribution in [1.82, 2.24) is 0 Å². The van der Waals surface area contributed by atoms with Crippen LogP contribution in [0.15, 0.2) is 24.3 Å². The van der Waals surface area contributed by atoms with Crippen molar-refractivity contribution in [3.8, 4) is 0 Å². The number of fused-ring (bicyclic) bond motifs is 2. The summed E-state index contributed by atoms with van der Waals surface area (Å²) in [4.78, 5) is 24.6. The van der Waals surface area contributed by atoms with E-state index >= 15 is 0 Å². The molecule has 1 aromatic rings. The Kier molecular flexibility index (Phi) is 2.81. The second kappa shape index (κ2) is 4.34. The molecule has 0 heterocycles. The maximum atomic E-state index is 12.3. The Hall–Kier alpha value is -1.44. The highest BCUT2D eigenvalue weighted by Gasteiger charge is 2.41. The zero-order valence-electron chi connectivity index (χ0n) is 10.7. The summed E-state index contributed by atoms with van der Waals surface area (Å²) in [5, 5.41) is 0. The molecule has 3 rings (SSSR count). The molecule has 0 amide bonds. The van der Waals surface area contributed by atoms with Gasteiger partial charge >= 0.3 is 0 Å². The van der Waals surface area contributed by atoms with Gasteiger partial charge in [-0.1, -0.05) is 44.0 Å². The average Bonchev–Trinajstić information content (AvgIpc) is 2.51. The van der Waals surface area contributed by atoms with Crippen LogP contribution in [0, 0.1) is 11.8 Å². The normalized spacial score (nSPS) is 31.5. The Bertz CT molecular complexity index is 504. The lowest BCUT2D eigenvalue weighted by Gasteiger charge is -2.32. The molecule has 1 saturated carbocycles. The molecule has 3 unspecified atom stereocenters. The highest BCUT2D eigenvalue weighted by atomic mass is 16.2. The van der Waals surface area contributed by atoms with Crippen LogP contribution in [0.1, 0.15) is 54.4 Å². The smallest absolute Gasteiger partial charge is 0.229 e. The van der Waals surface area contributed by atoms with Crippen LogP contribution in [0.3, 0.4) is 0 Å². The maximum Gasteiger partial charge on any atom is 0.229 e. The molecule has 3 atom stereocenters. The first kappa shape index (κ1) is 11.6. The second-order valence-corrected chi connectivity index (χ2v) is 5.62. The minimum Gasteiger partial charge on any atom is -0.290 e. The van der Waals surface area contributed by atoms with E-state index in [1.54, 1.807) is 0 Å². The molecule has 2 heteroatoms. The van der Waals surface area contributed by atoms with Crippen LogP contribution in [0.4, 0.5) is 0 Å². The third kappa shape index (κ3) is 1.63. The Morgan fingerprint density at radius 1 is 1.06 bits per heavy atom. The molecule has 0 bridgehead atoms. The predicted molar refractivity (Wildman–Crippen MR) is 69.6 cm³/mol. The summed E-state index contributed by atoms with van der Waals surface area (Å²) in [6, 6.07) is 7.65. The molecule has 0 aromatic heterocycles. The molecule has 0 aliphatic heterocycles. The van der Waals surface area contributed by atoms with Crippen molar-refractivity contribution >= 4 is 11.6 Å². The number of rotatable bonds is 0. The third-order valence-electron chi connectivity index (χ3n) is 4.72. The number of hydrogen-bond acceptors (Lipinski definition) is 2. The van der Waals surface area contributed by atoms with Gasteiger partial charge in [0.15, 0.2) is 0 Å². The Balaban J connectivity index is 2.13. The van der Waals surface area contributed by atoms with Crippen molar-refractivity contribution in [3.05, 3.63) is 35.4 Å². The molecule has 0 saturated heterocycles. The van der Waals surface area contributed by atoms with Gasteiger partial charge in [-0.2, -0.15) is 0 Å². The Morgan fingerprint density at radius 3 is 2.61 bits per heavy atom. The number of carbonyl (C=O) groups is 2. The number of carbonyl (C=O) groups excluding carboxylic acids is 2. The summed E-state index contributed by atoms with van der Waals surface area (Å²) < 4.78 is 0. The van der Waals surface area contributed by atoms with Gasteiger partial charge in [-0.05, 0) is 30.2 Å². The predicted octanol–water partition coefficient (Wildman–Crippen LogP) is 3.36. The minimum absolute atomic E-state index is 0.0337. The van der Waals surface area contributed by atoms with E-state index in [9.17, 15) is 9.59 Å². The van der Waals surface area contributed by atoms with Crippen LogP contribution >= 0.6 is 0 Å². The fraction of sp³-hybridized carbons (Fsp3) is 0.500. The van der Waals surface area contributed by atoms with E-state index in [1.807, 2.05) is 24.3 Å². The molecule has 1 aromatic carbocycles. The van der Waals surface area contributed by atoms with Crippen LogP contribution in [-0.4, -0.2) is 11.6 Å². The number of Topliss-reactive ketones (excluding diaryl/α,β-unsaturated/α-hetero) is 2. The van der Waals surface area contributed by atoms with Gasteiger partial charge in [0, 0.05) is 11.5 Å². The molecule has 18 heavy (non-hydrogen) atoms. The first-order chi connectivity index (χ1) is 8.70. The van der Waals surface area contributed by atoms with Gasteiger partial charge in [-0.25, -0.2) is 0 Å². The van der Waals surface area contributed by atoms with E-state index in [4.69, 9.17) is 0 Å². The van der Waals surface area contributed by atoms with Crippen LogP contribution in [0.5, 0.6) is 0 Å². The van der Waals surface area contributed by atoms with E-state index < -0.39 is 0 Å². The Labute approximate surface area is 107 Å². The summed E-state index contributed by atoms with van der Waals surface area (Å²) in [7, 11) is 0. The lowest BCUT2D eigenvalue weighted by molar-refractivity contribution is -0.121. The summed E-state index contributed by atoms with van der Waals surface area (Å²) in [5.74, 6) is 0.248. The van der Waals surface area contributed by atoms with E-state index in [0.29, 0.717) is 17.4 Å². The highest BCUT2D eigenvalue weighted by molar-refractivity contribution is 6.45. The summed E-state index contributed by atoms with van der Waals surface area (Å²) in [6.07, 6.45) is 4.26. The fourth-order valence-electron chi connectivity index (χ4n) is 3.72. The van der Waals surface area contributed by atoms with E-state index in [0.717, 1.165) is 24.8 Å². The van der Waals surface area contributed by atoms with Gasteiger partial charge in [-0.15, -0.1) is 0 Å². The van der Waals surface area contributed by atoms with Gasteiger partial charge in [-0.3, -0.25) is 9.59 Å². The molecule has 2 nitrogen and oxygen atoms in total. The average molecular weight is 242 g/mol. The SMILES string of the molecule is CC1c2ccccc2C(=O)C(=O)C2CCCCC21. The molecule has 0 spiro atoms. The van der Waals surface area contributed by atoms with E-state index in [-0.39, 0.29) is 17.5 Å². The number of hydrogen-bond donors (Lipinski definition) is 0. The molecule has 1 fully saturated rings. The molecule has 94 valence electrons. The van der Waals surface area contributed by atoms with E-state index in [2.05, 4.69) is 6.92 Å². The number of benzene rings is 1. The summed E-state index contributed by atoms with van der Waals surface area (Å²) >= 11 is 0. The summed E-state index contributed by atoms with van der Waals surface area (Å²) in [5.41, 5.74) is 1.72. The molecular weight excluding hydrogens is 224 g/mol.